The first-order valence-electron chi connectivity index (χ1n) is 11.3. The number of benzene rings is 2. The quantitative estimate of drug-likeness (QED) is 0.666. The first-order chi connectivity index (χ1) is 15.8. The van der Waals surface area contributed by atoms with Gasteiger partial charge in [0.05, 0.1) is 10.8 Å². The van der Waals surface area contributed by atoms with E-state index in [0.29, 0.717) is 19.4 Å². The fourth-order valence-corrected chi connectivity index (χ4v) is 6.18. The molecule has 33 heavy (non-hydrogen) atoms. The van der Waals surface area contributed by atoms with Gasteiger partial charge in [0, 0.05) is 43.8 Å². The number of piperidine rings is 2. The zero-order valence-corrected chi connectivity index (χ0v) is 20.0. The first-order valence-corrected chi connectivity index (χ1v) is 13.2. The van der Waals surface area contributed by atoms with Crippen LogP contribution in [0.1, 0.15) is 31.2 Å². The average Bonchev–Trinajstić information content (AvgIpc) is 2.82. The number of sulfonamides is 1. The third-order valence-corrected chi connectivity index (χ3v) is 8.59. The van der Waals surface area contributed by atoms with Crippen LogP contribution in [0.5, 0.6) is 0 Å². The first kappa shape index (κ1) is 24.1. The van der Waals surface area contributed by atoms with E-state index in [-0.39, 0.29) is 29.3 Å². The monoisotopic (exact) mass is 493 g/mol. The highest BCUT2D eigenvalue weighted by molar-refractivity contribution is 7.89. The van der Waals surface area contributed by atoms with Crippen molar-refractivity contribution in [3.63, 3.8) is 0 Å². The van der Waals surface area contributed by atoms with Crippen molar-refractivity contribution >= 4 is 27.5 Å². The third-order valence-electron chi connectivity index (χ3n) is 6.46. The molecule has 0 spiro atoms. The van der Waals surface area contributed by atoms with E-state index in [4.69, 9.17) is 11.6 Å². The Morgan fingerprint density at radius 2 is 1.67 bits per heavy atom. The lowest BCUT2D eigenvalue weighted by Gasteiger charge is -2.35. The number of rotatable bonds is 6. The topological polar surface area (TPSA) is 69.7 Å². The summed E-state index contributed by atoms with van der Waals surface area (Å²) in [6.07, 6.45) is 3.02. The molecular weight excluding hydrogens is 465 g/mol. The SMILES string of the molecule is O=C(NC1CCN(Cc2ccc(Cl)cc2)CC1)C1CCCN(S(=O)(=O)c2ccc(F)cc2)C1. The van der Waals surface area contributed by atoms with Crippen molar-refractivity contribution in [2.75, 3.05) is 26.2 Å². The Morgan fingerprint density at radius 3 is 2.33 bits per heavy atom. The van der Waals surface area contributed by atoms with Gasteiger partial charge in [0.1, 0.15) is 5.82 Å². The van der Waals surface area contributed by atoms with E-state index in [1.54, 1.807) is 0 Å². The number of halogens is 2. The van der Waals surface area contributed by atoms with E-state index in [9.17, 15) is 17.6 Å². The minimum atomic E-state index is -3.75. The predicted molar refractivity (Wildman–Crippen MR) is 126 cm³/mol. The van der Waals surface area contributed by atoms with Crippen LogP contribution in [0, 0.1) is 11.7 Å². The number of hydrogen-bond acceptors (Lipinski definition) is 4. The minimum absolute atomic E-state index is 0.0537. The van der Waals surface area contributed by atoms with E-state index in [0.717, 1.165) is 49.6 Å². The molecule has 1 atom stereocenters. The van der Waals surface area contributed by atoms with Gasteiger partial charge < -0.3 is 5.32 Å². The molecule has 0 bridgehead atoms. The van der Waals surface area contributed by atoms with Crippen LogP contribution in [0.25, 0.3) is 0 Å². The van der Waals surface area contributed by atoms with Crippen molar-refractivity contribution in [1.29, 1.82) is 0 Å². The van der Waals surface area contributed by atoms with E-state index < -0.39 is 15.8 Å². The lowest BCUT2D eigenvalue weighted by Crippen LogP contribution is -2.50. The van der Waals surface area contributed by atoms with Crippen LogP contribution >= 0.6 is 11.6 Å². The summed E-state index contributed by atoms with van der Waals surface area (Å²) < 4.78 is 40.4. The molecular formula is C24H29ClFN3O3S. The van der Waals surface area contributed by atoms with Crippen molar-refractivity contribution in [1.82, 2.24) is 14.5 Å². The van der Waals surface area contributed by atoms with Gasteiger partial charge in [-0.1, -0.05) is 23.7 Å². The number of hydrogen-bond donors (Lipinski definition) is 1. The maximum Gasteiger partial charge on any atom is 0.243 e. The molecule has 1 N–H and O–H groups in total. The molecule has 1 amide bonds. The van der Waals surface area contributed by atoms with Crippen molar-refractivity contribution in [2.45, 2.75) is 43.2 Å². The van der Waals surface area contributed by atoms with Gasteiger partial charge in [-0.15, -0.1) is 0 Å². The van der Waals surface area contributed by atoms with E-state index in [1.165, 1.54) is 22.0 Å². The Morgan fingerprint density at radius 1 is 1.00 bits per heavy atom. The summed E-state index contributed by atoms with van der Waals surface area (Å²) in [6.45, 7) is 3.16. The molecule has 2 aliphatic heterocycles. The van der Waals surface area contributed by atoms with Crippen LogP contribution in [-0.2, 0) is 21.4 Å². The standard InChI is InChI=1S/C24H29ClFN3O3S/c25-20-5-3-18(4-6-20)16-28-14-11-22(12-15-28)27-24(30)19-2-1-13-29(17-19)33(31,32)23-9-7-21(26)8-10-23/h3-10,19,22H,1-2,11-17H2,(H,27,30). The normalized spacial score (nSPS) is 21.1. The number of carbonyl (C=O) groups is 1. The lowest BCUT2D eigenvalue weighted by atomic mass is 9.97. The summed E-state index contributed by atoms with van der Waals surface area (Å²) in [5, 5.41) is 3.87. The van der Waals surface area contributed by atoms with Crippen LogP contribution in [0.4, 0.5) is 4.39 Å². The highest BCUT2D eigenvalue weighted by Crippen LogP contribution is 2.25. The summed E-state index contributed by atoms with van der Waals surface area (Å²) in [4.78, 5) is 15.3. The number of amides is 1. The van der Waals surface area contributed by atoms with E-state index in [2.05, 4.69) is 10.2 Å². The van der Waals surface area contributed by atoms with Crippen LogP contribution in [0.15, 0.2) is 53.4 Å². The fraction of sp³-hybridized carbons (Fsp3) is 0.458. The van der Waals surface area contributed by atoms with Gasteiger partial charge in [-0.25, -0.2) is 12.8 Å². The number of nitrogens with one attached hydrogen (secondary N) is 1. The number of carbonyl (C=O) groups excluding carboxylic acids is 1. The fourth-order valence-electron chi connectivity index (χ4n) is 4.53. The van der Waals surface area contributed by atoms with Crippen LogP contribution in [0.2, 0.25) is 5.02 Å². The molecule has 2 fully saturated rings. The summed E-state index contributed by atoms with van der Waals surface area (Å²) in [6, 6.07) is 12.8. The van der Waals surface area contributed by atoms with Gasteiger partial charge in [-0.05, 0) is 67.6 Å². The Labute approximate surface area is 199 Å². The van der Waals surface area contributed by atoms with Gasteiger partial charge in [0.2, 0.25) is 15.9 Å². The van der Waals surface area contributed by atoms with Gasteiger partial charge >= 0.3 is 0 Å². The molecule has 2 aromatic carbocycles. The predicted octanol–water partition coefficient (Wildman–Crippen LogP) is 3.66. The second-order valence-corrected chi connectivity index (χ2v) is 11.2. The molecule has 6 nitrogen and oxygen atoms in total. The zero-order chi connectivity index (χ0) is 23.4. The maximum atomic E-state index is 13.2. The van der Waals surface area contributed by atoms with E-state index in [1.807, 2.05) is 24.3 Å². The zero-order valence-electron chi connectivity index (χ0n) is 18.4. The molecule has 178 valence electrons. The van der Waals surface area contributed by atoms with Crippen molar-refractivity contribution < 1.29 is 17.6 Å². The highest BCUT2D eigenvalue weighted by atomic mass is 35.5. The molecule has 2 saturated heterocycles. The second kappa shape index (κ2) is 10.5. The molecule has 9 heteroatoms. The molecule has 2 aliphatic rings. The Kier molecular flexibility index (Phi) is 7.69. The molecule has 0 radical (unpaired) electrons. The minimum Gasteiger partial charge on any atom is -0.353 e. The van der Waals surface area contributed by atoms with Crippen molar-refractivity contribution in [3.8, 4) is 0 Å². The van der Waals surface area contributed by atoms with E-state index >= 15 is 0 Å². The maximum absolute atomic E-state index is 13.2. The summed E-state index contributed by atoms with van der Waals surface area (Å²) in [7, 11) is -3.75. The largest absolute Gasteiger partial charge is 0.353 e. The number of likely N-dealkylation sites (tertiary alicyclic amines) is 1. The summed E-state index contributed by atoms with van der Waals surface area (Å²) in [5.41, 5.74) is 1.21. The number of nitrogens with zero attached hydrogens (tertiary/aromatic N) is 2. The van der Waals surface area contributed by atoms with Crippen molar-refractivity contribution in [2.24, 2.45) is 5.92 Å². The van der Waals surface area contributed by atoms with Gasteiger partial charge in [0.25, 0.3) is 0 Å². The van der Waals surface area contributed by atoms with Crippen LogP contribution < -0.4 is 5.32 Å². The lowest BCUT2D eigenvalue weighted by molar-refractivity contribution is -0.127. The molecule has 0 aliphatic carbocycles. The molecule has 2 heterocycles. The second-order valence-electron chi connectivity index (χ2n) is 8.84. The average molecular weight is 494 g/mol. The smallest absolute Gasteiger partial charge is 0.243 e. The Balaban J connectivity index is 1.28. The molecule has 0 saturated carbocycles. The highest BCUT2D eigenvalue weighted by Gasteiger charge is 2.34. The molecule has 2 aromatic rings. The summed E-state index contributed by atoms with van der Waals surface area (Å²) in [5.74, 6) is -0.935. The molecule has 0 aromatic heterocycles. The third kappa shape index (κ3) is 6.12. The van der Waals surface area contributed by atoms with Crippen LogP contribution in [-0.4, -0.2) is 55.8 Å². The van der Waals surface area contributed by atoms with Crippen LogP contribution in [0.3, 0.4) is 0 Å². The van der Waals surface area contributed by atoms with Crippen molar-refractivity contribution in [3.05, 3.63) is 64.9 Å². The molecule has 4 rings (SSSR count). The van der Waals surface area contributed by atoms with Gasteiger partial charge in [-0.3, -0.25) is 9.69 Å². The Hall–Kier alpha value is -2.00. The van der Waals surface area contributed by atoms with Gasteiger partial charge in [0.15, 0.2) is 0 Å². The summed E-state index contributed by atoms with van der Waals surface area (Å²) >= 11 is 5.95. The van der Waals surface area contributed by atoms with Gasteiger partial charge in [-0.2, -0.15) is 4.31 Å². The Bertz CT molecular complexity index is 1060. The molecule has 1 unspecified atom stereocenters.